The summed E-state index contributed by atoms with van der Waals surface area (Å²) in [4.78, 5) is 0. The Morgan fingerprint density at radius 1 is 0.264 bits per heavy atom. The van der Waals surface area contributed by atoms with E-state index in [0.29, 0.717) is 56.5 Å². The van der Waals surface area contributed by atoms with E-state index in [0.717, 1.165) is 22.1 Å². The number of rotatable bonds is 12. The van der Waals surface area contributed by atoms with E-state index in [4.69, 9.17) is 47.9 Å². The second-order valence-electron chi connectivity index (χ2n) is 19.3. The summed E-state index contributed by atoms with van der Waals surface area (Å²) >= 11 is 0. The fraction of sp³-hybridized carbons (Fsp3) is 0.0244. The Kier molecular flexibility index (Phi) is 9.27. The Bertz CT molecular complexity index is 6390. The standard InChI is InChI=1S/C32H23N.C26H19N.C24H21NO2/c1-3-7-27-21-29(11-9-23(27)5-1)25-13-17-31(18-14-25)33-32-19-15-26(16-20-32)30-12-10-24-6-2-4-8-28(24)22-30;1-2-10-22(11-3-1)27-26-17-16-23(24-12-6-7-13-25(24)26)21-15-14-19-8-4-5-9-20(19)18-21;1-26-23-14-22(15-24(16-23)27-2)25-21-9-5-8-19(13-21)20-11-10-17-6-3-4-7-18(17)12-20/h1-22,33H;1-18,27H;3-16,25H,1-2H3/i1D,2D,3D,4D,5D,6D,7D,8D,9D,10D,11D,12D,21D,22D;4D,5D,8D,9D,14D,15D,18D;3D,4D,6D,7D,10D,11D,12D. The normalized spacial score (nSPS) is 15.4. The first-order valence-electron chi connectivity index (χ1n) is 41.1. The highest BCUT2D eigenvalue weighted by atomic mass is 16.5. The van der Waals surface area contributed by atoms with Crippen molar-refractivity contribution >= 4 is 88.0 Å². The highest BCUT2D eigenvalue weighted by Gasteiger charge is 2.11. The van der Waals surface area contributed by atoms with Crippen LogP contribution >= 0.6 is 0 Å². The number of benzene rings is 15. The van der Waals surface area contributed by atoms with E-state index in [-0.39, 0.29) is 132 Å². The maximum Gasteiger partial charge on any atom is 0.124 e. The molecule has 0 saturated carbocycles. The Morgan fingerprint density at radius 2 is 0.667 bits per heavy atom. The van der Waals surface area contributed by atoms with Crippen LogP contribution in [0.1, 0.15) is 38.4 Å². The minimum atomic E-state index is -0.527. The Hall–Kier alpha value is -11.4. The van der Waals surface area contributed by atoms with E-state index in [1.54, 1.807) is 111 Å². The van der Waals surface area contributed by atoms with Crippen LogP contribution in [0.4, 0.5) is 34.1 Å². The lowest BCUT2D eigenvalue weighted by Gasteiger charge is -2.14. The van der Waals surface area contributed by atoms with E-state index >= 15 is 0 Å². The average molecular weight is 1150 g/mol. The van der Waals surface area contributed by atoms with Gasteiger partial charge in [0.1, 0.15) is 11.5 Å². The van der Waals surface area contributed by atoms with Crippen molar-refractivity contribution in [1.82, 2.24) is 0 Å². The van der Waals surface area contributed by atoms with Gasteiger partial charge in [-0.05, 0) is 172 Å². The zero-order chi connectivity index (χ0) is 83.1. The molecule has 0 heterocycles. The molecule has 0 atom stereocenters. The van der Waals surface area contributed by atoms with Gasteiger partial charge in [0.2, 0.25) is 0 Å². The first kappa shape index (κ1) is 31.5. The van der Waals surface area contributed by atoms with Gasteiger partial charge in [-0.1, -0.05) is 230 Å². The third kappa shape index (κ3) is 12.9. The summed E-state index contributed by atoms with van der Waals surface area (Å²) in [5, 5.41) is 10.6. The summed E-state index contributed by atoms with van der Waals surface area (Å²) in [6.07, 6.45) is 0. The predicted molar refractivity (Wildman–Crippen MR) is 371 cm³/mol. The van der Waals surface area contributed by atoms with Crippen molar-refractivity contribution in [1.29, 1.82) is 0 Å². The third-order valence-electron chi connectivity index (χ3n) is 13.7. The van der Waals surface area contributed by atoms with Crippen LogP contribution in [-0.4, -0.2) is 14.2 Å². The van der Waals surface area contributed by atoms with Crippen molar-refractivity contribution in [3.8, 4) is 56.0 Å². The molecule has 0 unspecified atom stereocenters. The lowest BCUT2D eigenvalue weighted by atomic mass is 9.95. The van der Waals surface area contributed by atoms with Crippen LogP contribution in [0.15, 0.2) is 327 Å². The molecule has 5 heteroatoms. The van der Waals surface area contributed by atoms with Crippen LogP contribution in [-0.2, 0) is 0 Å². The van der Waals surface area contributed by atoms with Crippen LogP contribution < -0.4 is 25.4 Å². The molecule has 0 aliphatic carbocycles. The van der Waals surface area contributed by atoms with E-state index < -0.39 is 103 Å². The molecule has 0 saturated heterocycles. The largest absolute Gasteiger partial charge is 0.497 e. The minimum Gasteiger partial charge on any atom is -0.497 e. The maximum atomic E-state index is 8.86. The molecule has 0 radical (unpaired) electrons. The summed E-state index contributed by atoms with van der Waals surface area (Å²) < 4.78 is 244. The number of fused-ring (bicyclic) bond motifs is 5. The molecule has 87 heavy (non-hydrogen) atoms. The van der Waals surface area contributed by atoms with Crippen molar-refractivity contribution < 1.29 is 47.9 Å². The molecule has 15 aromatic rings. The Labute approximate surface area is 547 Å². The van der Waals surface area contributed by atoms with Crippen LogP contribution in [0.2, 0.25) is 0 Å². The van der Waals surface area contributed by atoms with E-state index in [1.807, 2.05) is 60.7 Å². The number of methoxy groups -OCH3 is 2. The van der Waals surface area contributed by atoms with Gasteiger partial charge in [0.25, 0.3) is 0 Å². The molecule has 0 aromatic heterocycles. The summed E-state index contributed by atoms with van der Waals surface area (Å²) in [5.41, 5.74) is 6.61. The monoisotopic (exact) mass is 1150 g/mol. The lowest BCUT2D eigenvalue weighted by molar-refractivity contribution is 0.395. The fourth-order valence-corrected chi connectivity index (χ4v) is 9.40. The number of anilines is 6. The molecule has 3 N–H and O–H groups in total. The number of hydrogen-bond donors (Lipinski definition) is 3. The molecule has 0 spiro atoms. The molecule has 0 bridgehead atoms. The molecule has 15 aromatic carbocycles. The van der Waals surface area contributed by atoms with Gasteiger partial charge in [0.05, 0.1) is 52.6 Å². The van der Waals surface area contributed by atoms with Crippen molar-refractivity contribution in [2.75, 3.05) is 30.2 Å². The molecule has 0 amide bonds. The van der Waals surface area contributed by atoms with Gasteiger partial charge in [-0.25, -0.2) is 0 Å². The molecule has 5 nitrogen and oxygen atoms in total. The Morgan fingerprint density at radius 3 is 1.16 bits per heavy atom. The SMILES string of the molecule is [2H]c1c([2H])c([2H])c2c([2H])c(-c3ccc(Nc4ccc(-c5c([2H])c([2H])c6c([2H])c([2H])c([2H])c([2H])c6c5[2H])cc4)cc3)c([2H])c([2H])c2c1[2H].[2H]c1c([2H])c([2H])c2c([2H])c(-c3ccc(Nc4ccccc4)c4ccccc34)c([2H])c([2H])c2c1[2H].[2H]c1c([2H])c([2H])c2c([2H])c(-c3cccc(Nc4cc(OC)cc(OC)c4)c3)c([2H])c([2H])c2c1[2H]. The number of ether oxygens (including phenoxy) is 2. The summed E-state index contributed by atoms with van der Waals surface area (Å²) in [5.74, 6) is 1.20. The van der Waals surface area contributed by atoms with Gasteiger partial charge < -0.3 is 25.4 Å². The van der Waals surface area contributed by atoms with Crippen molar-refractivity contribution in [2.24, 2.45) is 0 Å². The van der Waals surface area contributed by atoms with E-state index in [1.165, 1.54) is 0 Å². The molecule has 15 rings (SSSR count). The van der Waals surface area contributed by atoms with Gasteiger partial charge >= 0.3 is 0 Å². The summed E-state index contributed by atoms with van der Waals surface area (Å²) in [7, 11) is 3.11. The predicted octanol–water partition coefficient (Wildman–Crippen LogP) is 22.7. The zero-order valence-electron chi connectivity index (χ0n) is 74.3. The second kappa shape index (κ2) is 25.6. The van der Waals surface area contributed by atoms with Gasteiger partial charge in [-0.15, -0.1) is 0 Å². The Balaban J connectivity index is 0.000000153. The quantitative estimate of drug-likeness (QED) is 0.114. The summed E-state index contributed by atoms with van der Waals surface area (Å²) in [6, 6.07) is 35.5. The number of nitrogens with one attached hydrogen (secondary N) is 3. The van der Waals surface area contributed by atoms with Gasteiger partial charge in [0.15, 0.2) is 0 Å². The van der Waals surface area contributed by atoms with Crippen LogP contribution in [0.5, 0.6) is 11.5 Å². The molecule has 418 valence electrons. The zero-order valence-corrected chi connectivity index (χ0v) is 46.3. The fourth-order valence-electron chi connectivity index (χ4n) is 9.40. The number of hydrogen-bond acceptors (Lipinski definition) is 5. The highest BCUT2D eigenvalue weighted by molar-refractivity contribution is 6.05. The molecular weight excluding hydrogens is 1060 g/mol. The second-order valence-corrected chi connectivity index (χ2v) is 19.3. The lowest BCUT2D eigenvalue weighted by Crippen LogP contribution is -1.94. The number of para-hydroxylation sites is 1. The van der Waals surface area contributed by atoms with Crippen LogP contribution in [0.3, 0.4) is 0 Å². The maximum absolute atomic E-state index is 8.86. The van der Waals surface area contributed by atoms with Crippen molar-refractivity contribution in [3.05, 3.63) is 327 Å². The molecule has 0 aliphatic heterocycles. The minimum absolute atomic E-state index is 0.0439. The smallest absolute Gasteiger partial charge is 0.124 e. The van der Waals surface area contributed by atoms with Crippen LogP contribution in [0.25, 0.3) is 98.4 Å². The van der Waals surface area contributed by atoms with Crippen molar-refractivity contribution in [2.45, 2.75) is 0 Å². The first-order valence-corrected chi connectivity index (χ1v) is 27.1. The molecule has 0 fully saturated rings. The van der Waals surface area contributed by atoms with Crippen LogP contribution in [0, 0.1) is 0 Å². The topological polar surface area (TPSA) is 54.5 Å². The summed E-state index contributed by atoms with van der Waals surface area (Å²) in [6.45, 7) is 0. The highest BCUT2D eigenvalue weighted by Crippen LogP contribution is 2.37. The average Bonchev–Trinajstić information content (AvgIpc) is 0.743. The van der Waals surface area contributed by atoms with Gasteiger partial charge in [0, 0.05) is 57.7 Å². The molecule has 0 aliphatic rings. The van der Waals surface area contributed by atoms with Gasteiger partial charge in [-0.2, -0.15) is 0 Å². The van der Waals surface area contributed by atoms with E-state index in [9.17, 15) is 0 Å². The first-order chi connectivity index (χ1) is 54.6. The van der Waals surface area contributed by atoms with Crippen molar-refractivity contribution in [3.63, 3.8) is 0 Å². The third-order valence-corrected chi connectivity index (χ3v) is 13.7. The molecular formula is C82H63N3O2. The van der Waals surface area contributed by atoms with E-state index in [2.05, 4.69) is 16.0 Å². The van der Waals surface area contributed by atoms with Gasteiger partial charge in [-0.3, -0.25) is 0 Å².